The van der Waals surface area contributed by atoms with Gasteiger partial charge in [0, 0.05) is 12.5 Å². The highest BCUT2D eigenvalue weighted by atomic mass is 35.5. The fraction of sp³-hybridized carbons (Fsp3) is 0.478. The zero-order valence-corrected chi connectivity index (χ0v) is 19.5. The maximum atomic E-state index is 12.9. The number of aliphatic hydroxyl groups is 1. The zero-order chi connectivity index (χ0) is 21.1. The number of ether oxygens (including phenoxy) is 1. The second kappa shape index (κ2) is 10.1. The smallest absolute Gasteiger partial charge is 0.178 e. The Morgan fingerprint density at radius 2 is 1.83 bits per heavy atom. The maximum absolute atomic E-state index is 12.9. The molecule has 0 saturated heterocycles. The minimum atomic E-state index is -3.34. The van der Waals surface area contributed by atoms with E-state index in [4.69, 9.17) is 4.74 Å². The number of rotatable bonds is 7. The number of hydrogen-bond acceptors (Lipinski definition) is 5. The van der Waals surface area contributed by atoms with Gasteiger partial charge >= 0.3 is 0 Å². The molecule has 0 bridgehead atoms. The summed E-state index contributed by atoms with van der Waals surface area (Å²) < 4.78 is 31.1. The fourth-order valence-corrected chi connectivity index (χ4v) is 6.16. The molecule has 5 nitrogen and oxygen atoms in total. The number of benzene rings is 2. The molecule has 0 heterocycles. The molecule has 0 radical (unpaired) electrons. The lowest BCUT2D eigenvalue weighted by atomic mass is 9.68. The quantitative estimate of drug-likeness (QED) is 0.691. The lowest BCUT2D eigenvalue weighted by Crippen LogP contribution is -2.46. The average Bonchev–Trinajstić information content (AvgIpc) is 2.71. The molecule has 3 rings (SSSR count). The van der Waals surface area contributed by atoms with E-state index in [0.717, 1.165) is 5.56 Å². The molecule has 3 atom stereocenters. The van der Waals surface area contributed by atoms with Crippen LogP contribution in [0.2, 0.25) is 0 Å². The molecule has 1 aliphatic rings. The van der Waals surface area contributed by atoms with Gasteiger partial charge < -0.3 is 14.7 Å². The first-order valence-electron chi connectivity index (χ1n) is 10.0. The molecule has 2 aromatic rings. The van der Waals surface area contributed by atoms with Gasteiger partial charge in [-0.1, -0.05) is 30.3 Å². The van der Waals surface area contributed by atoms with Crippen molar-refractivity contribution in [2.75, 3.05) is 33.5 Å². The summed E-state index contributed by atoms with van der Waals surface area (Å²) in [6.45, 7) is 0.690. The molecule has 2 aromatic carbocycles. The van der Waals surface area contributed by atoms with Gasteiger partial charge in [-0.15, -0.1) is 12.4 Å². The molecule has 0 aliphatic heterocycles. The van der Waals surface area contributed by atoms with Crippen LogP contribution in [0, 0.1) is 11.8 Å². The molecule has 1 saturated carbocycles. The fourth-order valence-electron chi connectivity index (χ4n) is 4.47. The predicted octanol–water partition coefficient (Wildman–Crippen LogP) is 3.76. The second-order valence-electron chi connectivity index (χ2n) is 8.35. The number of hydrogen-bond donors (Lipinski definition) is 1. The van der Waals surface area contributed by atoms with Crippen molar-refractivity contribution < 1.29 is 18.3 Å². The summed E-state index contributed by atoms with van der Waals surface area (Å²) in [6.07, 6.45) is 1.87. The Kier molecular flexibility index (Phi) is 8.34. The third kappa shape index (κ3) is 5.55. The molecule has 1 N–H and O–H groups in total. The number of nitrogens with zero attached hydrogens (tertiary/aromatic N) is 1. The minimum absolute atomic E-state index is 0. The number of halogens is 1. The van der Waals surface area contributed by atoms with Crippen LogP contribution < -0.4 is 4.74 Å². The van der Waals surface area contributed by atoms with Gasteiger partial charge in [-0.3, -0.25) is 0 Å². The molecule has 0 amide bonds. The van der Waals surface area contributed by atoms with Gasteiger partial charge in [0.25, 0.3) is 0 Å². The minimum Gasteiger partial charge on any atom is -0.497 e. The summed E-state index contributed by atoms with van der Waals surface area (Å²) in [4.78, 5) is 2.43. The van der Waals surface area contributed by atoms with Gasteiger partial charge in [0.1, 0.15) is 5.75 Å². The van der Waals surface area contributed by atoms with E-state index in [1.807, 2.05) is 44.4 Å². The van der Waals surface area contributed by atoms with E-state index in [9.17, 15) is 13.5 Å². The molecule has 166 valence electrons. The van der Waals surface area contributed by atoms with Crippen molar-refractivity contribution in [2.45, 2.75) is 29.8 Å². The predicted molar refractivity (Wildman–Crippen MR) is 122 cm³/mol. The van der Waals surface area contributed by atoms with Gasteiger partial charge in [-0.05, 0) is 69.1 Å². The van der Waals surface area contributed by atoms with Crippen molar-refractivity contribution >= 4 is 22.2 Å². The first-order chi connectivity index (χ1) is 13.7. The molecule has 30 heavy (non-hydrogen) atoms. The van der Waals surface area contributed by atoms with Crippen molar-refractivity contribution in [1.82, 2.24) is 4.90 Å². The highest BCUT2D eigenvalue weighted by molar-refractivity contribution is 7.91. The van der Waals surface area contributed by atoms with Crippen molar-refractivity contribution in [3.05, 3.63) is 60.2 Å². The van der Waals surface area contributed by atoms with Crippen LogP contribution in [0.5, 0.6) is 5.75 Å². The monoisotopic (exact) mass is 453 g/mol. The molecule has 0 aromatic heterocycles. The topological polar surface area (TPSA) is 66.8 Å². The summed E-state index contributed by atoms with van der Waals surface area (Å²) in [5.41, 5.74) is -0.153. The standard InChI is InChI=1S/C23H31NO4S.ClH/c1-24(2)16-20-14-18(17-29(26,27)22-10-5-4-6-11-22)12-13-23(20,25)19-8-7-9-21(15-19)28-3;/h4-11,15,18,20,25H,12-14,16-17H2,1-3H3;1H. The normalized spacial score (nSPS) is 24.3. The van der Waals surface area contributed by atoms with Crippen LogP contribution in [0.25, 0.3) is 0 Å². The Hall–Kier alpha value is -1.60. The third-order valence-electron chi connectivity index (χ3n) is 5.94. The summed E-state index contributed by atoms with van der Waals surface area (Å²) in [5.74, 6) is 0.800. The summed E-state index contributed by atoms with van der Waals surface area (Å²) >= 11 is 0. The van der Waals surface area contributed by atoms with Crippen LogP contribution in [-0.2, 0) is 15.4 Å². The van der Waals surface area contributed by atoms with Crippen LogP contribution >= 0.6 is 12.4 Å². The summed E-state index contributed by atoms with van der Waals surface area (Å²) in [6, 6.07) is 16.2. The van der Waals surface area contributed by atoms with Crippen molar-refractivity contribution in [1.29, 1.82) is 0 Å². The Bertz CT molecular complexity index is 920. The highest BCUT2D eigenvalue weighted by Crippen LogP contribution is 2.45. The molecular formula is C23H32ClNO4S. The molecule has 1 aliphatic carbocycles. The third-order valence-corrected chi connectivity index (χ3v) is 7.84. The Morgan fingerprint density at radius 1 is 1.13 bits per heavy atom. The van der Waals surface area contributed by atoms with Gasteiger partial charge in [0.15, 0.2) is 9.84 Å². The van der Waals surface area contributed by atoms with Crippen molar-refractivity contribution in [3.63, 3.8) is 0 Å². The number of methoxy groups -OCH3 is 1. The van der Waals surface area contributed by atoms with Crippen molar-refractivity contribution in [3.8, 4) is 5.75 Å². The van der Waals surface area contributed by atoms with Gasteiger partial charge in [-0.2, -0.15) is 0 Å². The van der Waals surface area contributed by atoms with E-state index in [0.29, 0.717) is 36.5 Å². The van der Waals surface area contributed by atoms with Gasteiger partial charge in [0.05, 0.1) is 23.4 Å². The highest BCUT2D eigenvalue weighted by Gasteiger charge is 2.44. The Labute approximate surface area is 186 Å². The Balaban J connectivity index is 0.00000320. The number of sulfone groups is 1. The van der Waals surface area contributed by atoms with E-state index in [-0.39, 0.29) is 30.0 Å². The van der Waals surface area contributed by atoms with Crippen molar-refractivity contribution in [2.24, 2.45) is 11.8 Å². The van der Waals surface area contributed by atoms with Crippen LogP contribution in [0.4, 0.5) is 0 Å². The van der Waals surface area contributed by atoms with Crippen LogP contribution in [0.3, 0.4) is 0 Å². The van der Waals surface area contributed by atoms with E-state index in [1.165, 1.54) is 0 Å². The lowest BCUT2D eigenvalue weighted by Gasteiger charge is -2.44. The first-order valence-corrected chi connectivity index (χ1v) is 11.7. The van der Waals surface area contributed by atoms with Gasteiger partial charge in [0.2, 0.25) is 0 Å². The lowest BCUT2D eigenvalue weighted by molar-refractivity contribution is -0.0730. The first kappa shape index (κ1) is 24.7. The largest absolute Gasteiger partial charge is 0.497 e. The van der Waals surface area contributed by atoms with Crippen LogP contribution in [0.1, 0.15) is 24.8 Å². The Morgan fingerprint density at radius 3 is 2.47 bits per heavy atom. The van der Waals surface area contributed by atoms with Crippen LogP contribution in [0.15, 0.2) is 59.5 Å². The van der Waals surface area contributed by atoms with E-state index < -0.39 is 15.4 Å². The van der Waals surface area contributed by atoms with E-state index in [2.05, 4.69) is 4.90 Å². The SMILES string of the molecule is COc1cccc(C2(O)CCC(CS(=O)(=O)c3ccccc3)CC2CN(C)C)c1.Cl. The molecule has 7 heteroatoms. The molecule has 3 unspecified atom stereocenters. The zero-order valence-electron chi connectivity index (χ0n) is 17.8. The molecule has 0 spiro atoms. The summed E-state index contributed by atoms with van der Waals surface area (Å²) in [7, 11) is 2.24. The second-order valence-corrected chi connectivity index (χ2v) is 10.4. The van der Waals surface area contributed by atoms with E-state index >= 15 is 0 Å². The van der Waals surface area contributed by atoms with Gasteiger partial charge in [-0.25, -0.2) is 8.42 Å². The molecule has 1 fully saturated rings. The van der Waals surface area contributed by atoms with E-state index in [1.54, 1.807) is 31.4 Å². The molecular weight excluding hydrogens is 422 g/mol. The maximum Gasteiger partial charge on any atom is 0.178 e. The van der Waals surface area contributed by atoms with Crippen LogP contribution in [-0.4, -0.2) is 51.9 Å². The average molecular weight is 454 g/mol. The summed E-state index contributed by atoms with van der Waals surface area (Å²) in [5, 5.41) is 11.7.